The van der Waals surface area contributed by atoms with Crippen LogP contribution in [-0.4, -0.2) is 0 Å². The normalized spacial score (nSPS) is 9.00. The summed E-state index contributed by atoms with van der Waals surface area (Å²) in [6.45, 7) is 4.16. The van der Waals surface area contributed by atoms with Crippen LogP contribution < -0.4 is 0 Å². The van der Waals surface area contributed by atoms with Gasteiger partial charge in [-0.3, -0.25) is 0 Å². The van der Waals surface area contributed by atoms with Gasteiger partial charge in [-0.1, -0.05) is 69.5 Å². The minimum Gasteiger partial charge on any atom is -0.0622 e. The highest BCUT2D eigenvalue weighted by atomic mass is 79.9. The average molecular weight is 263 g/mol. The molecular formula is C14H15Br. The van der Waals surface area contributed by atoms with Gasteiger partial charge in [0.2, 0.25) is 0 Å². The van der Waals surface area contributed by atoms with Crippen LogP contribution in [-0.2, 0) is 0 Å². The van der Waals surface area contributed by atoms with Crippen LogP contribution in [0, 0.1) is 13.8 Å². The third-order valence-corrected chi connectivity index (χ3v) is 2.48. The Hall–Kier alpha value is -1.08. The van der Waals surface area contributed by atoms with Gasteiger partial charge in [-0.05, 0) is 26.0 Å². The highest BCUT2D eigenvalue weighted by Gasteiger charge is 1.81. The van der Waals surface area contributed by atoms with E-state index in [0.29, 0.717) is 0 Å². The van der Waals surface area contributed by atoms with Gasteiger partial charge in [0.1, 0.15) is 0 Å². The molecule has 0 aliphatic rings. The average Bonchev–Trinajstić information content (AvgIpc) is 2.25. The summed E-state index contributed by atoms with van der Waals surface area (Å²) >= 11 is 3.35. The third kappa shape index (κ3) is 5.38. The number of hydrogen-bond donors (Lipinski definition) is 0. The molecule has 0 heterocycles. The predicted molar refractivity (Wildman–Crippen MR) is 70.1 cm³/mol. The molecular weight excluding hydrogens is 248 g/mol. The zero-order valence-electron chi connectivity index (χ0n) is 9.07. The van der Waals surface area contributed by atoms with Crippen molar-refractivity contribution in [2.45, 2.75) is 13.8 Å². The molecule has 0 bridgehead atoms. The quantitative estimate of drug-likeness (QED) is 0.643. The van der Waals surface area contributed by atoms with E-state index in [1.54, 1.807) is 0 Å². The lowest BCUT2D eigenvalue weighted by Crippen LogP contribution is -1.66. The fraction of sp³-hybridized carbons (Fsp3) is 0.143. The van der Waals surface area contributed by atoms with E-state index in [4.69, 9.17) is 0 Å². The minimum atomic E-state index is 1.14. The Morgan fingerprint density at radius 2 is 1.13 bits per heavy atom. The van der Waals surface area contributed by atoms with Gasteiger partial charge in [0.15, 0.2) is 0 Å². The van der Waals surface area contributed by atoms with E-state index in [2.05, 4.69) is 54.0 Å². The monoisotopic (exact) mass is 262 g/mol. The molecule has 0 atom stereocenters. The number of rotatable bonds is 0. The third-order valence-electron chi connectivity index (χ3n) is 1.95. The van der Waals surface area contributed by atoms with Crippen LogP contribution in [0.3, 0.4) is 0 Å². The van der Waals surface area contributed by atoms with Crippen molar-refractivity contribution in [3.63, 3.8) is 0 Å². The van der Waals surface area contributed by atoms with Crippen LogP contribution in [0.25, 0.3) is 0 Å². The van der Waals surface area contributed by atoms with Crippen LogP contribution in [0.4, 0.5) is 0 Å². The van der Waals surface area contributed by atoms with E-state index in [0.717, 1.165) is 4.47 Å². The van der Waals surface area contributed by atoms with Crippen LogP contribution in [0.15, 0.2) is 59.1 Å². The number of aryl methyl sites for hydroxylation is 2. The van der Waals surface area contributed by atoms with Crippen molar-refractivity contribution < 1.29 is 0 Å². The van der Waals surface area contributed by atoms with Crippen LogP contribution in [0.5, 0.6) is 0 Å². The maximum atomic E-state index is 3.35. The predicted octanol–water partition coefficient (Wildman–Crippen LogP) is 4.75. The molecule has 0 saturated heterocycles. The highest BCUT2D eigenvalue weighted by molar-refractivity contribution is 9.10. The molecule has 0 radical (unpaired) electrons. The van der Waals surface area contributed by atoms with Gasteiger partial charge in [0.25, 0.3) is 0 Å². The first-order valence-electron chi connectivity index (χ1n) is 4.92. The molecule has 0 N–H and O–H groups in total. The van der Waals surface area contributed by atoms with E-state index >= 15 is 0 Å². The summed E-state index contributed by atoms with van der Waals surface area (Å²) in [5.74, 6) is 0. The van der Waals surface area contributed by atoms with Crippen LogP contribution in [0.1, 0.15) is 11.1 Å². The molecule has 0 spiro atoms. The molecule has 0 nitrogen and oxygen atoms in total. The Kier molecular flexibility index (Phi) is 5.13. The molecule has 0 saturated carbocycles. The van der Waals surface area contributed by atoms with Crippen LogP contribution >= 0.6 is 15.9 Å². The Morgan fingerprint density at radius 3 is 1.47 bits per heavy atom. The second-order valence-corrected chi connectivity index (χ2v) is 4.37. The molecule has 2 rings (SSSR count). The highest BCUT2D eigenvalue weighted by Crippen LogP contribution is 2.08. The van der Waals surface area contributed by atoms with Gasteiger partial charge in [0, 0.05) is 4.47 Å². The molecule has 0 aromatic heterocycles. The van der Waals surface area contributed by atoms with Crippen molar-refractivity contribution in [3.05, 3.63) is 70.2 Å². The molecule has 0 amide bonds. The molecule has 1 heteroatoms. The first kappa shape index (κ1) is 12.0. The van der Waals surface area contributed by atoms with Crippen molar-refractivity contribution in [3.8, 4) is 0 Å². The summed E-state index contributed by atoms with van der Waals surface area (Å²) in [6.07, 6.45) is 0. The van der Waals surface area contributed by atoms with E-state index in [-0.39, 0.29) is 0 Å². The lowest BCUT2D eigenvalue weighted by molar-refractivity contribution is 1.46. The Bertz CT molecular complexity index is 355. The summed E-state index contributed by atoms with van der Waals surface area (Å²) in [4.78, 5) is 0. The summed E-state index contributed by atoms with van der Waals surface area (Å²) in [7, 11) is 0. The van der Waals surface area contributed by atoms with Crippen molar-refractivity contribution >= 4 is 15.9 Å². The number of hydrogen-bond acceptors (Lipinski definition) is 0. The first-order chi connectivity index (χ1) is 7.18. The molecule has 2 aromatic rings. The first-order valence-corrected chi connectivity index (χ1v) is 5.71. The van der Waals surface area contributed by atoms with Crippen molar-refractivity contribution in [2.24, 2.45) is 0 Å². The van der Waals surface area contributed by atoms with Crippen LogP contribution in [0.2, 0.25) is 0 Å². The standard InChI is InChI=1S/C7H7Br.C7H8/c1-6-2-4-7(8)5-3-6;1-7-5-3-2-4-6-7/h2-5H,1H3;2-6H,1H3. The lowest BCUT2D eigenvalue weighted by Gasteiger charge is -1.88. The SMILES string of the molecule is Cc1ccc(Br)cc1.Cc1ccccc1. The molecule has 0 fully saturated rings. The molecule has 2 aromatic carbocycles. The molecule has 0 aliphatic carbocycles. The van der Waals surface area contributed by atoms with Crippen molar-refractivity contribution in [1.82, 2.24) is 0 Å². The zero-order valence-corrected chi connectivity index (χ0v) is 10.7. The van der Waals surface area contributed by atoms with Gasteiger partial charge in [-0.2, -0.15) is 0 Å². The fourth-order valence-corrected chi connectivity index (χ4v) is 1.33. The Morgan fingerprint density at radius 1 is 0.667 bits per heavy atom. The van der Waals surface area contributed by atoms with Gasteiger partial charge in [-0.25, -0.2) is 0 Å². The minimum absolute atomic E-state index is 1.14. The smallest absolute Gasteiger partial charge is 0.0175 e. The second kappa shape index (κ2) is 6.41. The van der Waals surface area contributed by atoms with E-state index in [1.165, 1.54) is 11.1 Å². The molecule has 15 heavy (non-hydrogen) atoms. The summed E-state index contributed by atoms with van der Waals surface area (Å²) < 4.78 is 1.14. The van der Waals surface area contributed by atoms with E-state index in [9.17, 15) is 0 Å². The number of halogens is 1. The maximum Gasteiger partial charge on any atom is 0.0175 e. The molecule has 0 unspecified atom stereocenters. The van der Waals surface area contributed by atoms with Crippen molar-refractivity contribution in [1.29, 1.82) is 0 Å². The summed E-state index contributed by atoms with van der Waals surface area (Å²) in [5.41, 5.74) is 2.62. The van der Waals surface area contributed by atoms with Gasteiger partial charge in [-0.15, -0.1) is 0 Å². The fourth-order valence-electron chi connectivity index (χ4n) is 1.07. The van der Waals surface area contributed by atoms with Gasteiger partial charge < -0.3 is 0 Å². The largest absolute Gasteiger partial charge is 0.0622 e. The zero-order chi connectivity index (χ0) is 11.1. The van der Waals surface area contributed by atoms with Gasteiger partial charge >= 0.3 is 0 Å². The molecule has 78 valence electrons. The second-order valence-electron chi connectivity index (χ2n) is 3.45. The lowest BCUT2D eigenvalue weighted by atomic mass is 10.2. The van der Waals surface area contributed by atoms with E-state index < -0.39 is 0 Å². The van der Waals surface area contributed by atoms with Gasteiger partial charge in [0.05, 0.1) is 0 Å². The summed E-state index contributed by atoms with van der Waals surface area (Å²) in [5, 5.41) is 0. The Balaban J connectivity index is 0.000000151. The maximum absolute atomic E-state index is 3.35. The van der Waals surface area contributed by atoms with E-state index in [1.807, 2.05) is 30.3 Å². The van der Waals surface area contributed by atoms with Crippen molar-refractivity contribution in [2.75, 3.05) is 0 Å². The summed E-state index contributed by atoms with van der Waals surface area (Å²) in [6, 6.07) is 18.5. The Labute approximate surface area is 100 Å². The molecule has 0 aliphatic heterocycles. The topological polar surface area (TPSA) is 0 Å². The number of benzene rings is 2.